The molecule has 2 saturated carbocycles. The molecular formula is C25H36O4. The molecule has 0 radical (unpaired) electrons. The van der Waals surface area contributed by atoms with E-state index in [0.717, 1.165) is 25.7 Å². The second kappa shape index (κ2) is 6.92. The van der Waals surface area contributed by atoms with Gasteiger partial charge in [-0.15, -0.1) is 0 Å². The van der Waals surface area contributed by atoms with E-state index in [9.17, 15) is 14.4 Å². The van der Waals surface area contributed by atoms with E-state index in [-0.39, 0.29) is 35.8 Å². The fourth-order valence-electron chi connectivity index (χ4n) is 7.48. The summed E-state index contributed by atoms with van der Waals surface area (Å²) in [6, 6.07) is 0. The molecule has 4 aliphatic rings. The summed E-state index contributed by atoms with van der Waals surface area (Å²) in [5, 5.41) is 0. The first kappa shape index (κ1) is 22.0. The van der Waals surface area contributed by atoms with Crippen molar-refractivity contribution in [1.82, 2.24) is 0 Å². The van der Waals surface area contributed by atoms with Crippen molar-refractivity contribution in [2.24, 2.45) is 28.6 Å². The molecule has 0 saturated heterocycles. The number of carbonyl (C=O) groups is 3. The molecule has 0 aromatic heterocycles. The van der Waals surface area contributed by atoms with Gasteiger partial charge in [0.05, 0.1) is 0 Å². The predicted molar refractivity (Wildman–Crippen MR) is 113 cm³/mol. The normalized spacial score (nSPS) is 43.1. The number of hydrogen-bond acceptors (Lipinski definition) is 4. The fraction of sp³-hybridized carbons (Fsp3) is 0.720. The highest BCUT2D eigenvalue weighted by Gasteiger charge is 2.67. The minimum atomic E-state index is -0.990. The van der Waals surface area contributed by atoms with Crippen LogP contribution in [0.15, 0.2) is 23.3 Å². The van der Waals surface area contributed by atoms with Crippen molar-refractivity contribution in [3.63, 3.8) is 0 Å². The molecule has 0 heterocycles. The monoisotopic (exact) mass is 400 g/mol. The fourth-order valence-corrected chi connectivity index (χ4v) is 7.48. The molecule has 0 aromatic rings. The smallest absolute Gasteiger partial charge is 0.303 e. The van der Waals surface area contributed by atoms with Crippen LogP contribution in [0.4, 0.5) is 0 Å². The zero-order valence-corrected chi connectivity index (χ0v) is 17.8. The number of esters is 1. The molecule has 4 nitrogen and oxygen atoms in total. The summed E-state index contributed by atoms with van der Waals surface area (Å²) in [5.41, 5.74) is 1.15. The summed E-state index contributed by atoms with van der Waals surface area (Å²) in [6.07, 6.45) is 9.20. The van der Waals surface area contributed by atoms with E-state index < -0.39 is 5.60 Å². The molecule has 4 heteroatoms. The molecule has 0 aliphatic heterocycles. The third kappa shape index (κ3) is 2.81. The Morgan fingerprint density at radius 3 is 2.34 bits per heavy atom. The summed E-state index contributed by atoms with van der Waals surface area (Å²) < 4.78 is 5.82. The number of fused-ring (bicyclic) bond motifs is 5. The summed E-state index contributed by atoms with van der Waals surface area (Å²) in [6.45, 7) is 9.63. The second-order valence-electron chi connectivity index (χ2n) is 10.1. The summed E-state index contributed by atoms with van der Waals surface area (Å²) in [4.78, 5) is 36.8. The first-order chi connectivity index (χ1) is 13.0. The third-order valence-corrected chi connectivity index (χ3v) is 8.84. The van der Waals surface area contributed by atoms with Gasteiger partial charge in [-0.2, -0.15) is 0 Å². The van der Waals surface area contributed by atoms with Crippen LogP contribution in [0.2, 0.25) is 0 Å². The van der Waals surface area contributed by atoms with Gasteiger partial charge < -0.3 is 4.74 Å². The van der Waals surface area contributed by atoms with Crippen molar-refractivity contribution in [1.29, 1.82) is 0 Å². The number of Topliss-reactive ketones (excluding diaryl/α,β-unsaturated/α-hetero) is 1. The van der Waals surface area contributed by atoms with Gasteiger partial charge in [0.2, 0.25) is 0 Å². The minimum Gasteiger partial charge on any atom is -0.451 e. The Balaban J connectivity index is 0.00000240. The SMILES string of the molecule is C.CC(=O)O[C@]1(C(C)=O)CC[C@H]2C3C=C(C)C4=CC(=O)CCC4(C)C3CCC21C. The highest BCUT2D eigenvalue weighted by atomic mass is 16.6. The van der Waals surface area contributed by atoms with Gasteiger partial charge >= 0.3 is 5.97 Å². The summed E-state index contributed by atoms with van der Waals surface area (Å²) in [7, 11) is 0. The van der Waals surface area contributed by atoms with Gasteiger partial charge in [-0.3, -0.25) is 14.4 Å². The Bertz CT molecular complexity index is 821. The highest BCUT2D eigenvalue weighted by Crippen LogP contribution is 2.67. The number of allylic oxidation sites excluding steroid dienone is 4. The molecule has 6 atom stereocenters. The lowest BCUT2D eigenvalue weighted by molar-refractivity contribution is -0.185. The van der Waals surface area contributed by atoms with Crippen molar-refractivity contribution >= 4 is 17.5 Å². The molecule has 160 valence electrons. The average Bonchev–Trinajstić information content (AvgIpc) is 2.90. The molecule has 29 heavy (non-hydrogen) atoms. The molecule has 2 fully saturated rings. The maximum Gasteiger partial charge on any atom is 0.303 e. The van der Waals surface area contributed by atoms with Gasteiger partial charge in [-0.05, 0) is 80.8 Å². The number of carbonyl (C=O) groups excluding carboxylic acids is 3. The second-order valence-corrected chi connectivity index (χ2v) is 10.1. The molecule has 4 aliphatic carbocycles. The maximum absolute atomic E-state index is 12.8. The van der Waals surface area contributed by atoms with Crippen LogP contribution in [0, 0.1) is 28.6 Å². The van der Waals surface area contributed by atoms with Gasteiger partial charge in [-0.1, -0.05) is 32.9 Å². The van der Waals surface area contributed by atoms with Gasteiger partial charge in [0.25, 0.3) is 0 Å². The van der Waals surface area contributed by atoms with Gasteiger partial charge in [0.15, 0.2) is 17.2 Å². The zero-order chi connectivity index (χ0) is 20.5. The molecule has 0 amide bonds. The number of rotatable bonds is 2. The first-order valence-corrected chi connectivity index (χ1v) is 10.7. The van der Waals surface area contributed by atoms with E-state index in [4.69, 9.17) is 4.74 Å². The van der Waals surface area contributed by atoms with Crippen molar-refractivity contribution in [2.45, 2.75) is 86.2 Å². The van der Waals surface area contributed by atoms with Gasteiger partial charge in [-0.25, -0.2) is 0 Å². The Morgan fingerprint density at radius 1 is 1.07 bits per heavy atom. The van der Waals surface area contributed by atoms with Crippen LogP contribution in [0.1, 0.15) is 80.6 Å². The predicted octanol–water partition coefficient (Wildman–Crippen LogP) is 5.21. The number of ether oxygens (including phenoxy) is 1. The van der Waals surface area contributed by atoms with Crippen molar-refractivity contribution < 1.29 is 19.1 Å². The van der Waals surface area contributed by atoms with Crippen LogP contribution >= 0.6 is 0 Å². The molecule has 4 unspecified atom stereocenters. The summed E-state index contributed by atoms with van der Waals surface area (Å²) in [5.74, 6) is 1.03. The Labute approximate surface area is 175 Å². The molecule has 0 bridgehead atoms. The van der Waals surface area contributed by atoms with Crippen LogP contribution in [0.25, 0.3) is 0 Å². The van der Waals surface area contributed by atoms with E-state index >= 15 is 0 Å². The van der Waals surface area contributed by atoms with Crippen molar-refractivity contribution in [3.8, 4) is 0 Å². The van der Waals surface area contributed by atoms with Crippen molar-refractivity contribution in [2.75, 3.05) is 0 Å². The third-order valence-electron chi connectivity index (χ3n) is 8.84. The van der Waals surface area contributed by atoms with E-state index in [2.05, 4.69) is 26.8 Å². The lowest BCUT2D eigenvalue weighted by atomic mass is 9.47. The van der Waals surface area contributed by atoms with Crippen LogP contribution in [0.5, 0.6) is 0 Å². The van der Waals surface area contributed by atoms with Crippen LogP contribution in [-0.2, 0) is 19.1 Å². The topological polar surface area (TPSA) is 60.4 Å². The Kier molecular flexibility index (Phi) is 5.25. The molecule has 0 N–H and O–H groups in total. The van der Waals surface area contributed by atoms with Gasteiger partial charge in [0, 0.05) is 18.8 Å². The van der Waals surface area contributed by atoms with E-state index in [1.807, 2.05) is 6.08 Å². The van der Waals surface area contributed by atoms with E-state index in [1.165, 1.54) is 18.1 Å². The molecule has 4 rings (SSSR count). The summed E-state index contributed by atoms with van der Waals surface area (Å²) >= 11 is 0. The quantitative estimate of drug-likeness (QED) is 0.597. The zero-order valence-electron chi connectivity index (χ0n) is 17.8. The lowest BCUT2D eigenvalue weighted by Crippen LogP contribution is -2.58. The number of ketones is 2. The molecule has 0 spiro atoms. The number of hydrogen-bond donors (Lipinski definition) is 0. The van der Waals surface area contributed by atoms with Crippen molar-refractivity contribution in [3.05, 3.63) is 23.3 Å². The van der Waals surface area contributed by atoms with Crippen LogP contribution in [0.3, 0.4) is 0 Å². The Hall–Kier alpha value is -1.71. The largest absolute Gasteiger partial charge is 0.451 e. The van der Waals surface area contributed by atoms with E-state index in [1.54, 1.807) is 6.92 Å². The highest BCUT2D eigenvalue weighted by molar-refractivity contribution is 5.92. The van der Waals surface area contributed by atoms with Crippen LogP contribution in [-0.4, -0.2) is 23.1 Å². The van der Waals surface area contributed by atoms with Gasteiger partial charge in [0.1, 0.15) is 0 Å². The standard InChI is InChI=1S/C24H32O4.CH4/c1-14-12-18-19(22(4)9-6-17(27)13-21(14)22)7-10-23(5)20(18)8-11-24(23,15(2)25)28-16(3)26;/h12-13,18-20H,6-11H2,1-5H3;1H4/t18?,19?,20-,22?,23?,24-;/m0./s1. The lowest BCUT2D eigenvalue weighted by Gasteiger charge is -2.58. The van der Waals surface area contributed by atoms with E-state index in [0.29, 0.717) is 30.6 Å². The molecule has 0 aromatic carbocycles. The minimum absolute atomic E-state index is 0. The Morgan fingerprint density at radius 2 is 1.72 bits per heavy atom. The molecular weight excluding hydrogens is 364 g/mol. The first-order valence-electron chi connectivity index (χ1n) is 10.7. The maximum atomic E-state index is 12.8. The average molecular weight is 401 g/mol. The van der Waals surface area contributed by atoms with Crippen LogP contribution < -0.4 is 0 Å².